The Morgan fingerprint density at radius 1 is 1.10 bits per heavy atom. The molecule has 1 heterocycles. The molecule has 1 aromatic heterocycles. The molecule has 0 aliphatic rings. The quantitative estimate of drug-likeness (QED) is 0.400. The van der Waals surface area contributed by atoms with Gasteiger partial charge in [-0.2, -0.15) is 0 Å². The highest BCUT2D eigenvalue weighted by atomic mass is 16.5. The van der Waals surface area contributed by atoms with Crippen molar-refractivity contribution in [2.75, 3.05) is 20.2 Å². The van der Waals surface area contributed by atoms with E-state index in [1.54, 1.807) is 6.08 Å². The molecule has 29 heavy (non-hydrogen) atoms. The molecular formula is C26H31NO2. The van der Waals surface area contributed by atoms with Crippen LogP contribution < -0.4 is 4.74 Å². The Balaban J connectivity index is 0.000000537. The fraction of sp³-hybridized carbons (Fsp3) is 0.231. The van der Waals surface area contributed by atoms with Crippen LogP contribution in [0.25, 0.3) is 17.0 Å². The number of hydrogen-bond acceptors (Lipinski definition) is 3. The number of rotatable bonds is 8. The van der Waals surface area contributed by atoms with E-state index in [0.29, 0.717) is 6.61 Å². The van der Waals surface area contributed by atoms with Crippen LogP contribution in [0.1, 0.15) is 25.0 Å². The zero-order valence-corrected chi connectivity index (χ0v) is 17.7. The average Bonchev–Trinajstić information content (AvgIpc) is 3.13. The molecule has 0 aliphatic heterocycles. The third-order valence-electron chi connectivity index (χ3n) is 4.25. The second-order valence-electron chi connectivity index (χ2n) is 6.62. The fourth-order valence-electron chi connectivity index (χ4n) is 2.86. The number of para-hydroxylation sites is 1. The predicted molar refractivity (Wildman–Crippen MR) is 124 cm³/mol. The molecule has 0 saturated carbocycles. The third-order valence-corrected chi connectivity index (χ3v) is 4.25. The minimum atomic E-state index is 0.697. The summed E-state index contributed by atoms with van der Waals surface area (Å²) in [7, 11) is 2.12. The number of allylic oxidation sites excluding steroid dienone is 3. The summed E-state index contributed by atoms with van der Waals surface area (Å²) in [5, 5.41) is 1.19. The van der Waals surface area contributed by atoms with Crippen LogP contribution in [0, 0.1) is 0 Å². The first kappa shape index (κ1) is 22.3. The smallest absolute Gasteiger partial charge is 0.134 e. The molecule has 0 atom stereocenters. The molecule has 0 saturated heterocycles. The second-order valence-corrected chi connectivity index (χ2v) is 6.62. The second kappa shape index (κ2) is 12.4. The van der Waals surface area contributed by atoms with Crippen LogP contribution in [-0.2, 0) is 6.54 Å². The Kier molecular flexibility index (Phi) is 9.53. The van der Waals surface area contributed by atoms with Gasteiger partial charge in [0.25, 0.3) is 0 Å². The van der Waals surface area contributed by atoms with Gasteiger partial charge >= 0.3 is 0 Å². The summed E-state index contributed by atoms with van der Waals surface area (Å²) in [6, 6.07) is 16.3. The van der Waals surface area contributed by atoms with Crippen LogP contribution in [0.5, 0.6) is 5.75 Å². The van der Waals surface area contributed by atoms with Crippen LogP contribution in [0.3, 0.4) is 0 Å². The maximum absolute atomic E-state index is 5.60. The van der Waals surface area contributed by atoms with Gasteiger partial charge in [0, 0.05) is 24.0 Å². The summed E-state index contributed by atoms with van der Waals surface area (Å²) in [5.41, 5.74) is 3.36. The van der Waals surface area contributed by atoms with E-state index in [9.17, 15) is 0 Å². The topological polar surface area (TPSA) is 25.6 Å². The van der Waals surface area contributed by atoms with Gasteiger partial charge in [-0.05, 0) is 44.7 Å². The monoisotopic (exact) mass is 389 g/mol. The van der Waals surface area contributed by atoms with Crippen molar-refractivity contribution in [1.29, 1.82) is 0 Å². The van der Waals surface area contributed by atoms with Gasteiger partial charge in [-0.3, -0.25) is 4.90 Å². The van der Waals surface area contributed by atoms with Crippen LogP contribution in [0.15, 0.2) is 90.1 Å². The van der Waals surface area contributed by atoms with Crippen molar-refractivity contribution in [2.45, 2.75) is 20.4 Å². The fourth-order valence-corrected chi connectivity index (χ4v) is 2.86. The van der Waals surface area contributed by atoms with Gasteiger partial charge in [0.05, 0.1) is 12.9 Å². The van der Waals surface area contributed by atoms with Gasteiger partial charge in [-0.25, -0.2) is 0 Å². The number of ether oxygens (including phenoxy) is 1. The zero-order chi connectivity index (χ0) is 20.9. The Bertz CT molecular complexity index is 919. The molecule has 0 spiro atoms. The Morgan fingerprint density at radius 2 is 1.86 bits per heavy atom. The highest BCUT2D eigenvalue weighted by Gasteiger charge is 2.06. The molecule has 3 nitrogen and oxygen atoms in total. The van der Waals surface area contributed by atoms with Crippen molar-refractivity contribution in [2.24, 2.45) is 0 Å². The normalized spacial score (nSPS) is 11.2. The van der Waals surface area contributed by atoms with E-state index < -0.39 is 0 Å². The lowest BCUT2D eigenvalue weighted by Crippen LogP contribution is -2.17. The lowest BCUT2D eigenvalue weighted by molar-refractivity contribution is 0.340. The lowest BCUT2D eigenvalue weighted by atomic mass is 10.1. The van der Waals surface area contributed by atoms with Crippen LogP contribution in [-0.4, -0.2) is 25.1 Å². The number of furan rings is 1. The van der Waals surface area contributed by atoms with E-state index in [-0.39, 0.29) is 0 Å². The summed E-state index contributed by atoms with van der Waals surface area (Å²) in [6.07, 6.45) is 11.8. The van der Waals surface area contributed by atoms with Crippen LogP contribution >= 0.6 is 0 Å². The van der Waals surface area contributed by atoms with Crippen LogP contribution in [0.2, 0.25) is 0 Å². The van der Waals surface area contributed by atoms with Gasteiger partial charge in [0.15, 0.2) is 0 Å². The number of fused-ring (bicyclic) bond motifs is 1. The van der Waals surface area contributed by atoms with E-state index in [2.05, 4.69) is 48.9 Å². The standard InChI is InChI=1S/C21H23NO2.C5H8/c1-3-23-19-12-10-17(11-13-19)7-6-14-22(2)15-18-16-24-21-9-5-4-8-20(18)21;1-3-5-4-2/h4-13,16H,3,14-15H2,1-2H3;3-5H,1H2,2H3/b7-6+;5-4-. The van der Waals surface area contributed by atoms with E-state index in [1.807, 2.05) is 62.6 Å². The molecule has 3 heteroatoms. The molecule has 0 amide bonds. The first-order valence-electron chi connectivity index (χ1n) is 9.94. The highest BCUT2D eigenvalue weighted by Crippen LogP contribution is 2.21. The number of benzene rings is 2. The van der Waals surface area contributed by atoms with E-state index in [4.69, 9.17) is 9.15 Å². The molecule has 3 rings (SSSR count). The molecule has 0 aliphatic carbocycles. The summed E-state index contributed by atoms with van der Waals surface area (Å²) in [4.78, 5) is 2.27. The number of nitrogens with zero attached hydrogens (tertiary/aromatic N) is 1. The van der Waals surface area contributed by atoms with Crippen molar-refractivity contribution in [3.05, 3.63) is 96.8 Å². The SMILES string of the molecule is C=C/C=C\C.CCOc1ccc(/C=C/CN(C)Cc2coc3ccccc23)cc1. The summed E-state index contributed by atoms with van der Waals surface area (Å²) in [6.45, 7) is 9.86. The molecule has 0 N–H and O–H groups in total. The molecule has 2 aromatic carbocycles. The van der Waals surface area contributed by atoms with E-state index in [0.717, 1.165) is 24.4 Å². The summed E-state index contributed by atoms with van der Waals surface area (Å²) < 4.78 is 11.1. The van der Waals surface area contributed by atoms with Crippen LogP contribution in [0.4, 0.5) is 0 Å². The van der Waals surface area contributed by atoms with Crippen molar-refractivity contribution in [3.8, 4) is 5.75 Å². The van der Waals surface area contributed by atoms with Gasteiger partial charge in [-0.15, -0.1) is 0 Å². The van der Waals surface area contributed by atoms with Crippen molar-refractivity contribution < 1.29 is 9.15 Å². The maximum atomic E-state index is 5.60. The molecule has 0 fully saturated rings. The molecule has 3 aromatic rings. The number of likely N-dealkylation sites (N-methyl/N-ethyl adjacent to an activating group) is 1. The Labute approximate surface area is 174 Å². The zero-order valence-electron chi connectivity index (χ0n) is 17.7. The number of hydrogen-bond donors (Lipinski definition) is 0. The minimum Gasteiger partial charge on any atom is -0.494 e. The van der Waals surface area contributed by atoms with Crippen molar-refractivity contribution in [3.63, 3.8) is 0 Å². The molecule has 0 radical (unpaired) electrons. The molecule has 0 bridgehead atoms. The first-order chi connectivity index (χ1) is 14.2. The Morgan fingerprint density at radius 3 is 2.52 bits per heavy atom. The van der Waals surface area contributed by atoms with Crippen molar-refractivity contribution in [1.82, 2.24) is 4.90 Å². The maximum Gasteiger partial charge on any atom is 0.134 e. The van der Waals surface area contributed by atoms with E-state index >= 15 is 0 Å². The lowest BCUT2D eigenvalue weighted by Gasteiger charge is -2.13. The van der Waals surface area contributed by atoms with Gasteiger partial charge < -0.3 is 9.15 Å². The summed E-state index contributed by atoms with van der Waals surface area (Å²) in [5.74, 6) is 0.915. The third kappa shape index (κ3) is 7.47. The Hall–Kier alpha value is -3.04. The van der Waals surface area contributed by atoms with Gasteiger partial charge in [0.2, 0.25) is 0 Å². The average molecular weight is 390 g/mol. The summed E-state index contributed by atoms with van der Waals surface area (Å²) >= 11 is 0. The molecular weight excluding hydrogens is 358 g/mol. The largest absolute Gasteiger partial charge is 0.494 e. The van der Waals surface area contributed by atoms with Gasteiger partial charge in [0.1, 0.15) is 11.3 Å². The van der Waals surface area contributed by atoms with Crippen molar-refractivity contribution >= 4 is 17.0 Å². The molecule has 0 unspecified atom stereocenters. The minimum absolute atomic E-state index is 0.697. The first-order valence-corrected chi connectivity index (χ1v) is 9.94. The highest BCUT2D eigenvalue weighted by molar-refractivity contribution is 5.80. The van der Waals surface area contributed by atoms with E-state index in [1.165, 1.54) is 16.5 Å². The van der Waals surface area contributed by atoms with Gasteiger partial charge in [-0.1, -0.05) is 67.3 Å². The molecule has 152 valence electrons. The predicted octanol–water partition coefficient (Wildman–Crippen LogP) is 6.73.